The van der Waals surface area contributed by atoms with E-state index in [9.17, 15) is 13.6 Å². The molecule has 1 saturated heterocycles. The third-order valence-electron chi connectivity index (χ3n) is 4.39. The number of alkyl halides is 2. The molecule has 0 spiro atoms. The largest absolute Gasteiger partial charge is 0.322 e. The molecule has 2 aromatic rings. The number of halogens is 2. The Morgan fingerprint density at radius 3 is 2.96 bits per heavy atom. The molecule has 0 radical (unpaired) electrons. The normalized spacial score (nSPS) is 23.4. The van der Waals surface area contributed by atoms with Gasteiger partial charge in [-0.15, -0.1) is 10.2 Å². The zero-order valence-corrected chi connectivity index (χ0v) is 13.2. The molecule has 1 aliphatic heterocycles. The van der Waals surface area contributed by atoms with Crippen molar-refractivity contribution >= 4 is 17.2 Å². The predicted octanol–water partition coefficient (Wildman–Crippen LogP) is 2.97. The summed E-state index contributed by atoms with van der Waals surface area (Å²) in [5.74, 6) is -2.22. The first-order valence-corrected chi connectivity index (χ1v) is 8.56. The number of carbonyl (C=O) groups is 1. The lowest BCUT2D eigenvalue weighted by atomic mass is 10.1. The predicted molar refractivity (Wildman–Crippen MR) is 80.4 cm³/mol. The van der Waals surface area contributed by atoms with Gasteiger partial charge in [-0.2, -0.15) is 11.3 Å². The SMILES string of the molecule is O=C(c1ccsc1)N1CC(F)(F)C[C@H]1c1nncn1CC1CC1. The highest BCUT2D eigenvalue weighted by atomic mass is 32.1. The van der Waals surface area contributed by atoms with Gasteiger partial charge in [-0.1, -0.05) is 0 Å². The lowest BCUT2D eigenvalue weighted by Gasteiger charge is -2.23. The number of hydrogen-bond donors (Lipinski definition) is 0. The van der Waals surface area contributed by atoms with E-state index in [1.807, 2.05) is 4.57 Å². The molecule has 23 heavy (non-hydrogen) atoms. The third-order valence-corrected chi connectivity index (χ3v) is 5.08. The van der Waals surface area contributed by atoms with Crippen molar-refractivity contribution in [3.63, 3.8) is 0 Å². The van der Waals surface area contributed by atoms with Crippen LogP contribution in [0.2, 0.25) is 0 Å². The molecule has 0 N–H and O–H groups in total. The van der Waals surface area contributed by atoms with E-state index >= 15 is 0 Å². The summed E-state index contributed by atoms with van der Waals surface area (Å²) in [6.07, 6.45) is 3.48. The van der Waals surface area contributed by atoms with Crippen LogP contribution < -0.4 is 0 Å². The molecule has 2 aliphatic rings. The minimum Gasteiger partial charge on any atom is -0.322 e. The van der Waals surface area contributed by atoms with Crippen LogP contribution in [0, 0.1) is 5.92 Å². The van der Waals surface area contributed by atoms with Gasteiger partial charge in [0.05, 0.1) is 18.2 Å². The van der Waals surface area contributed by atoms with E-state index < -0.39 is 24.9 Å². The molecular formula is C15H16F2N4OS. The first-order valence-electron chi connectivity index (χ1n) is 7.62. The maximum atomic E-state index is 14.0. The van der Waals surface area contributed by atoms with Crippen LogP contribution >= 0.6 is 11.3 Å². The van der Waals surface area contributed by atoms with E-state index in [0.29, 0.717) is 17.3 Å². The maximum Gasteiger partial charge on any atom is 0.267 e. The summed E-state index contributed by atoms with van der Waals surface area (Å²) in [4.78, 5) is 13.8. The Bertz CT molecular complexity index is 711. The van der Waals surface area contributed by atoms with Crippen molar-refractivity contribution in [3.05, 3.63) is 34.5 Å². The molecule has 122 valence electrons. The van der Waals surface area contributed by atoms with E-state index in [0.717, 1.165) is 19.4 Å². The van der Waals surface area contributed by atoms with Gasteiger partial charge in [0, 0.05) is 18.3 Å². The Morgan fingerprint density at radius 2 is 2.26 bits per heavy atom. The summed E-state index contributed by atoms with van der Waals surface area (Å²) < 4.78 is 29.8. The summed E-state index contributed by atoms with van der Waals surface area (Å²) in [5.41, 5.74) is 0.450. The standard InChI is InChI=1S/C15H16F2N4OS/c16-15(17)5-12(13-19-18-9-20(13)6-10-1-2-10)21(8-15)14(22)11-3-4-23-7-11/h3-4,7,9-10,12H,1-2,5-6,8H2/t12-/m0/s1. The summed E-state index contributed by atoms with van der Waals surface area (Å²) in [6.45, 7) is 0.174. The van der Waals surface area contributed by atoms with Gasteiger partial charge < -0.3 is 9.47 Å². The van der Waals surface area contributed by atoms with Crippen molar-refractivity contribution in [2.75, 3.05) is 6.54 Å². The van der Waals surface area contributed by atoms with Crippen molar-refractivity contribution in [3.8, 4) is 0 Å². The first kappa shape index (κ1) is 14.7. The Morgan fingerprint density at radius 1 is 1.43 bits per heavy atom. The highest BCUT2D eigenvalue weighted by Crippen LogP contribution is 2.42. The zero-order chi connectivity index (χ0) is 16.0. The van der Waals surface area contributed by atoms with E-state index in [1.54, 1.807) is 23.2 Å². The number of hydrogen-bond acceptors (Lipinski definition) is 4. The van der Waals surface area contributed by atoms with E-state index in [-0.39, 0.29) is 5.91 Å². The molecule has 0 bridgehead atoms. The average Bonchev–Trinajstić information content (AvgIpc) is 2.94. The molecule has 2 fully saturated rings. The minimum absolute atomic E-state index is 0.366. The topological polar surface area (TPSA) is 51.0 Å². The Hall–Kier alpha value is -1.83. The molecule has 1 atom stereocenters. The van der Waals surface area contributed by atoms with Crippen LogP contribution in [0.4, 0.5) is 8.78 Å². The quantitative estimate of drug-likeness (QED) is 0.861. The molecule has 1 saturated carbocycles. The van der Waals surface area contributed by atoms with Gasteiger partial charge in [-0.3, -0.25) is 4.79 Å². The lowest BCUT2D eigenvalue weighted by molar-refractivity contribution is 0.0117. The van der Waals surface area contributed by atoms with Gasteiger partial charge in [0.15, 0.2) is 5.82 Å². The molecule has 5 nitrogen and oxygen atoms in total. The van der Waals surface area contributed by atoms with Crippen LogP contribution in [0.15, 0.2) is 23.2 Å². The minimum atomic E-state index is -2.90. The van der Waals surface area contributed by atoms with Crippen LogP contribution in [0.1, 0.15) is 41.5 Å². The van der Waals surface area contributed by atoms with Gasteiger partial charge in [-0.25, -0.2) is 8.78 Å². The van der Waals surface area contributed by atoms with Crippen molar-refractivity contribution in [2.24, 2.45) is 5.92 Å². The molecule has 0 aromatic carbocycles. The van der Waals surface area contributed by atoms with Crippen LogP contribution in [-0.2, 0) is 6.54 Å². The van der Waals surface area contributed by atoms with Gasteiger partial charge in [0.2, 0.25) is 0 Å². The van der Waals surface area contributed by atoms with E-state index in [1.165, 1.54) is 16.2 Å². The number of likely N-dealkylation sites (tertiary alicyclic amines) is 1. The van der Waals surface area contributed by atoms with Crippen LogP contribution in [0.25, 0.3) is 0 Å². The number of aromatic nitrogens is 3. The van der Waals surface area contributed by atoms with Gasteiger partial charge in [0.25, 0.3) is 11.8 Å². The fraction of sp³-hybridized carbons (Fsp3) is 0.533. The van der Waals surface area contributed by atoms with Crippen molar-refractivity contribution in [1.29, 1.82) is 0 Å². The molecule has 1 aliphatic carbocycles. The summed E-state index contributed by atoms with van der Waals surface area (Å²) in [6, 6.07) is 0.939. The van der Waals surface area contributed by atoms with Gasteiger partial charge >= 0.3 is 0 Å². The first-order chi connectivity index (χ1) is 11.0. The second-order valence-electron chi connectivity index (χ2n) is 6.31. The smallest absolute Gasteiger partial charge is 0.267 e. The summed E-state index contributed by atoms with van der Waals surface area (Å²) >= 11 is 1.38. The fourth-order valence-corrected chi connectivity index (χ4v) is 3.68. The number of rotatable bonds is 4. The van der Waals surface area contributed by atoms with Crippen molar-refractivity contribution in [2.45, 2.75) is 37.8 Å². The maximum absolute atomic E-state index is 14.0. The van der Waals surface area contributed by atoms with Crippen molar-refractivity contribution in [1.82, 2.24) is 19.7 Å². The third kappa shape index (κ3) is 2.87. The molecule has 4 rings (SSSR count). The van der Waals surface area contributed by atoms with E-state index in [2.05, 4.69) is 10.2 Å². The number of amides is 1. The number of thiophene rings is 1. The zero-order valence-electron chi connectivity index (χ0n) is 12.4. The second kappa shape index (κ2) is 5.36. The number of nitrogens with zero attached hydrogens (tertiary/aromatic N) is 4. The fourth-order valence-electron chi connectivity index (χ4n) is 3.05. The van der Waals surface area contributed by atoms with E-state index in [4.69, 9.17) is 0 Å². The van der Waals surface area contributed by atoms with Gasteiger partial charge in [-0.05, 0) is 30.2 Å². The molecule has 8 heteroatoms. The molecular weight excluding hydrogens is 322 g/mol. The van der Waals surface area contributed by atoms with Gasteiger partial charge in [0.1, 0.15) is 6.33 Å². The van der Waals surface area contributed by atoms with Crippen LogP contribution in [0.3, 0.4) is 0 Å². The highest BCUT2D eigenvalue weighted by Gasteiger charge is 2.49. The van der Waals surface area contributed by atoms with Crippen LogP contribution in [0.5, 0.6) is 0 Å². The Balaban J connectivity index is 1.64. The Kier molecular flexibility index (Phi) is 3.44. The number of carbonyl (C=O) groups excluding carboxylic acids is 1. The lowest BCUT2D eigenvalue weighted by Crippen LogP contribution is -2.33. The average molecular weight is 338 g/mol. The molecule has 2 aromatic heterocycles. The van der Waals surface area contributed by atoms with Crippen LogP contribution in [-0.4, -0.2) is 38.0 Å². The monoisotopic (exact) mass is 338 g/mol. The second-order valence-corrected chi connectivity index (χ2v) is 7.09. The molecule has 3 heterocycles. The molecule has 0 unspecified atom stereocenters. The Labute approximate surface area is 135 Å². The summed E-state index contributed by atoms with van der Waals surface area (Å²) in [5, 5.41) is 11.4. The molecule has 1 amide bonds. The van der Waals surface area contributed by atoms with Crippen molar-refractivity contribution < 1.29 is 13.6 Å². The summed E-state index contributed by atoms with van der Waals surface area (Å²) in [7, 11) is 0. The highest BCUT2D eigenvalue weighted by molar-refractivity contribution is 7.08.